The van der Waals surface area contributed by atoms with E-state index in [1.54, 1.807) is 12.1 Å². The summed E-state index contributed by atoms with van der Waals surface area (Å²) in [6.45, 7) is 7.52. The third-order valence-electron chi connectivity index (χ3n) is 4.13. The van der Waals surface area contributed by atoms with E-state index in [-0.39, 0.29) is 11.3 Å². The summed E-state index contributed by atoms with van der Waals surface area (Å²) in [4.78, 5) is 2.51. The average Bonchev–Trinajstić information content (AvgIpc) is 2.34. The van der Waals surface area contributed by atoms with Crippen LogP contribution in [0.15, 0.2) is 29.2 Å². The highest BCUT2D eigenvalue weighted by Gasteiger charge is 2.43. The second kappa shape index (κ2) is 5.37. The van der Waals surface area contributed by atoms with Crippen LogP contribution in [0.5, 0.6) is 0 Å². The lowest BCUT2D eigenvalue weighted by Crippen LogP contribution is -2.70. The van der Waals surface area contributed by atoms with Gasteiger partial charge < -0.3 is 10.6 Å². The lowest BCUT2D eigenvalue weighted by atomic mass is 9.80. The first-order valence-electron chi connectivity index (χ1n) is 7.16. The molecule has 1 aliphatic heterocycles. The average molecular weight is 296 g/mol. The van der Waals surface area contributed by atoms with Gasteiger partial charge in [0, 0.05) is 13.1 Å². The van der Waals surface area contributed by atoms with Gasteiger partial charge in [0.15, 0.2) is 9.84 Å². The Morgan fingerprint density at radius 1 is 1.30 bits per heavy atom. The lowest BCUT2D eigenvalue weighted by Gasteiger charge is -2.52. The summed E-state index contributed by atoms with van der Waals surface area (Å²) in [6.07, 6.45) is 0.628. The van der Waals surface area contributed by atoms with E-state index in [1.807, 2.05) is 19.1 Å². The van der Waals surface area contributed by atoms with E-state index in [0.29, 0.717) is 30.3 Å². The summed E-state index contributed by atoms with van der Waals surface area (Å²) >= 11 is 0. The zero-order valence-electron chi connectivity index (χ0n) is 12.5. The molecule has 1 aliphatic rings. The molecule has 4 nitrogen and oxygen atoms in total. The molecule has 0 aromatic heterocycles. The van der Waals surface area contributed by atoms with Gasteiger partial charge in [0.2, 0.25) is 0 Å². The summed E-state index contributed by atoms with van der Waals surface area (Å²) in [5, 5.41) is 0. The minimum absolute atomic E-state index is 0.190. The van der Waals surface area contributed by atoms with Crippen LogP contribution in [0, 0.1) is 5.92 Å². The molecule has 112 valence electrons. The van der Waals surface area contributed by atoms with Crippen molar-refractivity contribution in [3.63, 3.8) is 0 Å². The van der Waals surface area contributed by atoms with Crippen LogP contribution in [0.1, 0.15) is 27.2 Å². The van der Waals surface area contributed by atoms with E-state index in [1.165, 1.54) is 0 Å². The van der Waals surface area contributed by atoms with Crippen molar-refractivity contribution in [1.82, 2.24) is 0 Å². The first-order valence-corrected chi connectivity index (χ1v) is 8.81. The molecule has 1 saturated heterocycles. The van der Waals surface area contributed by atoms with Gasteiger partial charge in [0.05, 0.1) is 21.9 Å². The highest BCUT2D eigenvalue weighted by molar-refractivity contribution is 7.91. The van der Waals surface area contributed by atoms with Gasteiger partial charge in [0.1, 0.15) is 0 Å². The van der Waals surface area contributed by atoms with Crippen molar-refractivity contribution in [3.05, 3.63) is 24.3 Å². The molecular formula is C15H24N2O2S. The van der Waals surface area contributed by atoms with E-state index in [9.17, 15) is 8.42 Å². The molecule has 5 heteroatoms. The highest BCUT2D eigenvalue weighted by atomic mass is 32.2. The topological polar surface area (TPSA) is 63.4 Å². The van der Waals surface area contributed by atoms with Crippen molar-refractivity contribution in [1.29, 1.82) is 0 Å². The molecular weight excluding hydrogens is 272 g/mol. The molecule has 0 spiro atoms. The molecule has 2 N–H and O–H groups in total. The van der Waals surface area contributed by atoms with E-state index in [4.69, 9.17) is 5.73 Å². The van der Waals surface area contributed by atoms with Crippen LogP contribution >= 0.6 is 0 Å². The maximum absolute atomic E-state index is 12.3. The van der Waals surface area contributed by atoms with Gasteiger partial charge in [-0.25, -0.2) is 8.42 Å². The molecule has 20 heavy (non-hydrogen) atoms. The van der Waals surface area contributed by atoms with Crippen molar-refractivity contribution < 1.29 is 8.42 Å². The van der Waals surface area contributed by atoms with Crippen LogP contribution in [-0.4, -0.2) is 32.8 Å². The maximum atomic E-state index is 12.3. The standard InChI is InChI=1S/C15H24N2O2S/c1-4-9-20(18,19)14-8-6-5-7-13(14)17-10-15(16,11-17)12(2)3/h5-8,12H,4,9-11,16H2,1-3H3. The Balaban J connectivity index is 2.28. The van der Waals surface area contributed by atoms with Crippen molar-refractivity contribution in [2.24, 2.45) is 11.7 Å². The molecule has 1 fully saturated rings. The van der Waals surface area contributed by atoms with Crippen LogP contribution < -0.4 is 10.6 Å². The fourth-order valence-electron chi connectivity index (χ4n) is 2.56. The Kier molecular flexibility index (Phi) is 4.12. The largest absolute Gasteiger partial charge is 0.367 e. The third-order valence-corrected chi connectivity index (χ3v) is 6.10. The zero-order valence-corrected chi connectivity index (χ0v) is 13.3. The number of anilines is 1. The third kappa shape index (κ3) is 2.69. The summed E-state index contributed by atoms with van der Waals surface area (Å²) in [7, 11) is -3.20. The number of sulfone groups is 1. The highest BCUT2D eigenvalue weighted by Crippen LogP contribution is 2.35. The van der Waals surface area contributed by atoms with Gasteiger partial charge in [-0.1, -0.05) is 32.9 Å². The first-order chi connectivity index (χ1) is 9.30. The van der Waals surface area contributed by atoms with Crippen molar-refractivity contribution >= 4 is 15.5 Å². The molecule has 1 aromatic carbocycles. The Labute approximate surface area is 121 Å². The molecule has 0 amide bonds. The Morgan fingerprint density at radius 2 is 1.90 bits per heavy atom. The molecule has 0 saturated carbocycles. The van der Waals surface area contributed by atoms with E-state index in [0.717, 1.165) is 5.69 Å². The van der Waals surface area contributed by atoms with Gasteiger partial charge in [-0.2, -0.15) is 0 Å². The summed E-state index contributed by atoms with van der Waals surface area (Å²) in [6, 6.07) is 7.24. The molecule has 1 aromatic rings. The minimum atomic E-state index is -3.20. The fourth-order valence-corrected chi connectivity index (χ4v) is 4.12. The fraction of sp³-hybridized carbons (Fsp3) is 0.600. The number of benzene rings is 1. The van der Waals surface area contributed by atoms with E-state index in [2.05, 4.69) is 18.7 Å². The van der Waals surface area contributed by atoms with Crippen LogP contribution in [0.3, 0.4) is 0 Å². The number of para-hydroxylation sites is 1. The van der Waals surface area contributed by atoms with Crippen molar-refractivity contribution in [2.45, 2.75) is 37.6 Å². The van der Waals surface area contributed by atoms with Gasteiger partial charge in [-0.05, 0) is 24.5 Å². The second-order valence-electron chi connectivity index (χ2n) is 6.03. The van der Waals surface area contributed by atoms with Crippen molar-refractivity contribution in [3.8, 4) is 0 Å². The van der Waals surface area contributed by atoms with Gasteiger partial charge in [0.25, 0.3) is 0 Å². The maximum Gasteiger partial charge on any atom is 0.180 e. The van der Waals surface area contributed by atoms with Crippen LogP contribution in [0.25, 0.3) is 0 Å². The van der Waals surface area contributed by atoms with Gasteiger partial charge in [-0.15, -0.1) is 0 Å². The van der Waals surface area contributed by atoms with Crippen LogP contribution in [0.2, 0.25) is 0 Å². The molecule has 0 unspecified atom stereocenters. The molecule has 0 radical (unpaired) electrons. The summed E-state index contributed by atoms with van der Waals surface area (Å²) in [5.41, 5.74) is 6.89. The second-order valence-corrected chi connectivity index (χ2v) is 8.11. The number of hydrogen-bond acceptors (Lipinski definition) is 4. The quantitative estimate of drug-likeness (QED) is 0.903. The molecule has 0 bridgehead atoms. The predicted octanol–water partition coefficient (Wildman–Crippen LogP) is 2.04. The molecule has 1 heterocycles. The summed E-state index contributed by atoms with van der Waals surface area (Å²) in [5.74, 6) is 0.577. The van der Waals surface area contributed by atoms with Gasteiger partial charge in [-0.3, -0.25) is 0 Å². The smallest absolute Gasteiger partial charge is 0.180 e. The summed E-state index contributed by atoms with van der Waals surface area (Å²) < 4.78 is 24.7. The normalized spacial score (nSPS) is 18.1. The lowest BCUT2D eigenvalue weighted by molar-refractivity contribution is 0.244. The SMILES string of the molecule is CCCS(=O)(=O)c1ccccc1N1CC(N)(C(C)C)C1. The van der Waals surface area contributed by atoms with Crippen LogP contribution in [0.4, 0.5) is 5.69 Å². The Bertz CT molecular complexity index is 575. The molecule has 0 aliphatic carbocycles. The number of nitrogens with zero attached hydrogens (tertiary/aromatic N) is 1. The molecule has 0 atom stereocenters. The van der Waals surface area contributed by atoms with E-state index >= 15 is 0 Å². The van der Waals surface area contributed by atoms with Crippen LogP contribution in [-0.2, 0) is 9.84 Å². The number of nitrogens with two attached hydrogens (primary N) is 1. The Morgan fingerprint density at radius 3 is 2.45 bits per heavy atom. The monoisotopic (exact) mass is 296 g/mol. The predicted molar refractivity (Wildman–Crippen MR) is 82.8 cm³/mol. The zero-order chi connectivity index (χ0) is 15.0. The van der Waals surface area contributed by atoms with Gasteiger partial charge >= 0.3 is 0 Å². The Hall–Kier alpha value is -1.07. The van der Waals surface area contributed by atoms with Crippen molar-refractivity contribution in [2.75, 3.05) is 23.7 Å². The first kappa shape index (κ1) is 15.3. The van der Waals surface area contributed by atoms with E-state index < -0.39 is 9.84 Å². The number of hydrogen-bond donors (Lipinski definition) is 1. The molecule has 2 rings (SSSR count). The minimum Gasteiger partial charge on any atom is -0.367 e. The number of rotatable bonds is 5.